The summed E-state index contributed by atoms with van der Waals surface area (Å²) < 4.78 is 0. The van der Waals surface area contributed by atoms with Crippen molar-refractivity contribution in [2.24, 2.45) is 0 Å². The lowest BCUT2D eigenvalue weighted by Crippen LogP contribution is -2.11. The number of hydrogen-bond donors (Lipinski definition) is 2. The Kier molecular flexibility index (Phi) is 5.63. The summed E-state index contributed by atoms with van der Waals surface area (Å²) in [6.45, 7) is 1.65. The molecule has 0 aromatic heterocycles. The van der Waals surface area contributed by atoms with Gasteiger partial charge in [-0.25, -0.2) is 0 Å². The summed E-state index contributed by atoms with van der Waals surface area (Å²) in [5.41, 5.74) is -0.610. The molecule has 0 amide bonds. The Morgan fingerprint density at radius 2 is 1.67 bits per heavy atom. The first-order valence-corrected chi connectivity index (χ1v) is 9.12. The molecule has 0 aliphatic heterocycles. The minimum Gasteiger partial charge on any atom is -0.507 e. The van der Waals surface area contributed by atoms with Gasteiger partial charge in [-0.1, -0.05) is 31.2 Å². The Hall–Kier alpha value is -4.01. The van der Waals surface area contributed by atoms with E-state index in [1.807, 2.05) is 0 Å². The molecule has 0 radical (unpaired) electrons. The Balaban J connectivity index is 2.26. The molecule has 1 unspecified atom stereocenters. The third-order valence-electron chi connectivity index (χ3n) is 5.04. The van der Waals surface area contributed by atoms with Gasteiger partial charge in [0, 0.05) is 46.7 Å². The number of nitrogens with zero attached hydrogens (tertiary/aromatic N) is 2. The number of non-ortho nitro benzene ring substituents is 1. The van der Waals surface area contributed by atoms with Gasteiger partial charge < -0.3 is 10.2 Å². The van der Waals surface area contributed by atoms with Crippen molar-refractivity contribution in [1.82, 2.24) is 0 Å². The van der Waals surface area contributed by atoms with Gasteiger partial charge in [0.25, 0.3) is 11.4 Å². The summed E-state index contributed by atoms with van der Waals surface area (Å²) in [5, 5.41) is 44.3. The van der Waals surface area contributed by atoms with Crippen LogP contribution in [0, 0.1) is 20.2 Å². The van der Waals surface area contributed by atoms with Crippen molar-refractivity contribution in [3.8, 4) is 11.5 Å². The van der Waals surface area contributed by atoms with Crippen LogP contribution in [0.4, 0.5) is 11.4 Å². The minimum absolute atomic E-state index is 0.0446. The van der Waals surface area contributed by atoms with Crippen LogP contribution in [0.5, 0.6) is 11.5 Å². The van der Waals surface area contributed by atoms with E-state index in [1.54, 1.807) is 25.1 Å². The van der Waals surface area contributed by atoms with E-state index in [9.17, 15) is 35.2 Å². The zero-order valence-electron chi connectivity index (χ0n) is 15.9. The molecule has 0 aliphatic carbocycles. The van der Waals surface area contributed by atoms with Crippen molar-refractivity contribution >= 4 is 27.9 Å². The van der Waals surface area contributed by atoms with Crippen LogP contribution in [0.15, 0.2) is 48.5 Å². The van der Waals surface area contributed by atoms with Crippen LogP contribution in [0.1, 0.15) is 36.8 Å². The molecule has 0 saturated carbocycles. The molecule has 0 bridgehead atoms. The fourth-order valence-corrected chi connectivity index (χ4v) is 3.48. The molecule has 1 atom stereocenters. The second-order valence-corrected chi connectivity index (χ2v) is 6.78. The molecule has 9 nitrogen and oxygen atoms in total. The fourth-order valence-electron chi connectivity index (χ4n) is 3.48. The third-order valence-corrected chi connectivity index (χ3v) is 5.04. The maximum Gasteiger partial charge on any atom is 0.280 e. The Morgan fingerprint density at radius 3 is 2.30 bits per heavy atom. The average Bonchev–Trinajstić information content (AvgIpc) is 2.72. The summed E-state index contributed by atoms with van der Waals surface area (Å²) in [6, 6.07) is 10.9. The zero-order chi connectivity index (χ0) is 22.0. The van der Waals surface area contributed by atoms with Gasteiger partial charge in [0.1, 0.15) is 17.3 Å². The van der Waals surface area contributed by atoms with Gasteiger partial charge in [0.2, 0.25) is 0 Å². The second-order valence-electron chi connectivity index (χ2n) is 6.78. The number of hydrogen-bond acceptors (Lipinski definition) is 7. The number of Topliss-reactive ketones (excluding diaryl/α,β-unsaturated/α-hetero) is 1. The number of phenolic OH excluding ortho intramolecular Hbond substituents is 2. The maximum atomic E-state index is 12.3. The summed E-state index contributed by atoms with van der Waals surface area (Å²) >= 11 is 0. The highest BCUT2D eigenvalue weighted by Gasteiger charge is 2.30. The van der Waals surface area contributed by atoms with E-state index in [1.165, 1.54) is 18.2 Å². The first-order chi connectivity index (χ1) is 14.2. The molecule has 3 aromatic carbocycles. The van der Waals surface area contributed by atoms with Crippen LogP contribution < -0.4 is 0 Å². The second kappa shape index (κ2) is 8.16. The number of rotatable bonds is 7. The number of benzene rings is 3. The Morgan fingerprint density at radius 1 is 0.967 bits per heavy atom. The number of aromatic hydroxyl groups is 2. The van der Waals surface area contributed by atoms with E-state index in [0.717, 1.165) is 12.1 Å². The molecular formula is C21H18N2O7. The molecule has 0 aliphatic rings. The molecule has 0 fully saturated rings. The molecular weight excluding hydrogens is 392 g/mol. The van der Waals surface area contributed by atoms with E-state index >= 15 is 0 Å². The lowest BCUT2D eigenvalue weighted by atomic mass is 9.84. The molecule has 0 saturated heterocycles. The van der Waals surface area contributed by atoms with E-state index in [0.29, 0.717) is 10.8 Å². The lowest BCUT2D eigenvalue weighted by molar-refractivity contribution is -0.394. The maximum absolute atomic E-state index is 12.3. The van der Waals surface area contributed by atoms with Crippen molar-refractivity contribution in [2.75, 3.05) is 0 Å². The van der Waals surface area contributed by atoms with Crippen molar-refractivity contribution in [3.05, 3.63) is 79.9 Å². The number of ketones is 1. The standard InChI is InChI=1S/C21H18N2O7/c1-2-13(24)11-18(14-7-6-12(22(27)28)10-19(14)23(29)30)17-9-8-15-16(21(17)26)4-3-5-20(15)25/h3-10,18,25-26H,2,11H2,1H3. The molecule has 9 heteroatoms. The van der Waals surface area contributed by atoms with Gasteiger partial charge in [-0.15, -0.1) is 0 Å². The van der Waals surface area contributed by atoms with Crippen LogP contribution in [-0.4, -0.2) is 25.8 Å². The van der Waals surface area contributed by atoms with E-state index in [4.69, 9.17) is 0 Å². The predicted octanol–water partition coefficient (Wildman–Crippen LogP) is 4.57. The van der Waals surface area contributed by atoms with Crippen LogP contribution in [0.3, 0.4) is 0 Å². The molecule has 0 spiro atoms. The van der Waals surface area contributed by atoms with E-state index < -0.39 is 27.1 Å². The summed E-state index contributed by atoms with van der Waals surface area (Å²) in [7, 11) is 0. The average molecular weight is 410 g/mol. The normalized spacial score (nSPS) is 11.9. The highest BCUT2D eigenvalue weighted by atomic mass is 16.6. The third kappa shape index (κ3) is 3.77. The predicted molar refractivity (Wildman–Crippen MR) is 109 cm³/mol. The number of fused-ring (bicyclic) bond motifs is 1. The Bertz CT molecular complexity index is 1170. The zero-order valence-corrected chi connectivity index (χ0v) is 15.9. The van der Waals surface area contributed by atoms with Gasteiger partial charge in [-0.05, 0) is 12.1 Å². The van der Waals surface area contributed by atoms with Gasteiger partial charge in [0.05, 0.1) is 15.9 Å². The largest absolute Gasteiger partial charge is 0.507 e. The topological polar surface area (TPSA) is 144 Å². The highest BCUT2D eigenvalue weighted by molar-refractivity contribution is 5.94. The van der Waals surface area contributed by atoms with E-state index in [2.05, 4.69) is 0 Å². The van der Waals surface area contributed by atoms with Gasteiger partial charge in [-0.3, -0.25) is 25.0 Å². The Labute approximate surface area is 170 Å². The van der Waals surface area contributed by atoms with E-state index in [-0.39, 0.29) is 41.3 Å². The molecule has 2 N–H and O–H groups in total. The molecule has 3 aromatic rings. The van der Waals surface area contributed by atoms with Crippen LogP contribution in [0.25, 0.3) is 10.8 Å². The number of nitro groups is 2. The summed E-state index contributed by atoms with van der Waals surface area (Å²) in [4.78, 5) is 33.5. The quantitative estimate of drug-likeness (QED) is 0.429. The van der Waals surface area contributed by atoms with Gasteiger partial charge in [-0.2, -0.15) is 0 Å². The first-order valence-electron chi connectivity index (χ1n) is 9.12. The number of carbonyl (C=O) groups excluding carboxylic acids is 1. The van der Waals surface area contributed by atoms with Crippen molar-refractivity contribution in [3.63, 3.8) is 0 Å². The highest BCUT2D eigenvalue weighted by Crippen LogP contribution is 2.43. The smallest absolute Gasteiger partial charge is 0.280 e. The monoisotopic (exact) mass is 410 g/mol. The minimum atomic E-state index is -0.898. The SMILES string of the molecule is CCC(=O)CC(c1ccc([N+](=O)[O-])cc1[N+](=O)[O-])c1ccc2c(O)cccc2c1O. The number of nitro benzene ring substituents is 2. The van der Waals surface area contributed by atoms with Crippen molar-refractivity contribution in [2.45, 2.75) is 25.7 Å². The van der Waals surface area contributed by atoms with Gasteiger partial charge in [0.15, 0.2) is 0 Å². The molecule has 0 heterocycles. The first kappa shape index (κ1) is 20.7. The van der Waals surface area contributed by atoms with Crippen molar-refractivity contribution in [1.29, 1.82) is 0 Å². The summed E-state index contributed by atoms with van der Waals surface area (Å²) in [6.07, 6.45) is 0.0550. The van der Waals surface area contributed by atoms with Gasteiger partial charge >= 0.3 is 0 Å². The van der Waals surface area contributed by atoms with Crippen LogP contribution in [0.2, 0.25) is 0 Å². The van der Waals surface area contributed by atoms with Crippen molar-refractivity contribution < 1.29 is 24.9 Å². The number of carbonyl (C=O) groups is 1. The fraction of sp³-hybridized carbons (Fsp3) is 0.190. The van der Waals surface area contributed by atoms with Crippen LogP contribution >= 0.6 is 0 Å². The molecule has 30 heavy (non-hydrogen) atoms. The molecule has 154 valence electrons. The summed E-state index contributed by atoms with van der Waals surface area (Å²) in [5.74, 6) is -1.35. The number of phenols is 2. The molecule has 3 rings (SSSR count). The lowest BCUT2D eigenvalue weighted by Gasteiger charge is -2.19. The van der Waals surface area contributed by atoms with Crippen LogP contribution in [-0.2, 0) is 4.79 Å².